The van der Waals surface area contributed by atoms with Crippen LogP contribution in [0.15, 0.2) is 48.5 Å². The first-order valence-corrected chi connectivity index (χ1v) is 7.99. The summed E-state index contributed by atoms with van der Waals surface area (Å²) in [5.74, 6) is 0.0149. The average molecular weight is 338 g/mol. The van der Waals surface area contributed by atoms with E-state index in [0.717, 1.165) is 17.1 Å². The first-order valence-electron chi connectivity index (χ1n) is 7.22. The minimum Gasteiger partial charge on any atom is -0.497 e. The molecule has 0 amide bonds. The number of carbonyl (C=O) groups excluding carboxylic acids is 2. The summed E-state index contributed by atoms with van der Waals surface area (Å²) in [6, 6.07) is 13.9. The van der Waals surface area contributed by atoms with Crippen molar-refractivity contribution in [3.8, 4) is 5.75 Å². The molecule has 1 heterocycles. The van der Waals surface area contributed by atoms with Crippen molar-refractivity contribution in [3.05, 3.63) is 76.1 Å². The number of carbonyl (C=O) groups is 2. The van der Waals surface area contributed by atoms with Gasteiger partial charge in [-0.15, -0.1) is 0 Å². The molecule has 0 unspecified atom stereocenters. The van der Waals surface area contributed by atoms with Crippen molar-refractivity contribution in [1.82, 2.24) is 9.36 Å². The lowest BCUT2D eigenvalue weighted by Crippen LogP contribution is -2.06. The van der Waals surface area contributed by atoms with E-state index >= 15 is 0 Å². The maximum atomic E-state index is 12.4. The summed E-state index contributed by atoms with van der Waals surface area (Å²) in [6.07, 6.45) is 0. The molecule has 0 aliphatic carbocycles. The Bertz CT molecular complexity index is 901. The van der Waals surface area contributed by atoms with Crippen LogP contribution in [0.25, 0.3) is 0 Å². The smallest absolute Gasteiger partial charge is 0.231 e. The van der Waals surface area contributed by atoms with E-state index in [1.165, 1.54) is 7.11 Å². The maximum Gasteiger partial charge on any atom is 0.231 e. The lowest BCUT2D eigenvalue weighted by atomic mass is 10.1. The highest BCUT2D eigenvalue weighted by Gasteiger charge is 2.20. The fraction of sp³-hybridized carbons (Fsp3) is 0.111. The Morgan fingerprint density at radius 1 is 1.00 bits per heavy atom. The van der Waals surface area contributed by atoms with Gasteiger partial charge in [0.05, 0.1) is 7.11 Å². The second-order valence-electron chi connectivity index (χ2n) is 5.18. The Kier molecular flexibility index (Phi) is 4.48. The fourth-order valence-corrected chi connectivity index (χ4v) is 2.75. The monoisotopic (exact) mass is 338 g/mol. The van der Waals surface area contributed by atoms with Gasteiger partial charge in [0.2, 0.25) is 17.4 Å². The number of ether oxygens (including phenoxy) is 1. The standard InChI is InChI=1S/C18H14N2O3S/c1-11-6-8-12(9-7-11)16(22)18-19-17(20-24-18)15(21)13-4-3-5-14(10-13)23-2/h3-10H,1-2H3. The van der Waals surface area contributed by atoms with E-state index in [9.17, 15) is 9.59 Å². The summed E-state index contributed by atoms with van der Waals surface area (Å²) in [5.41, 5.74) is 2.01. The molecule has 0 saturated heterocycles. The number of aromatic nitrogens is 2. The van der Waals surface area contributed by atoms with Crippen molar-refractivity contribution in [2.24, 2.45) is 0 Å². The molecule has 3 aromatic rings. The van der Waals surface area contributed by atoms with Gasteiger partial charge in [-0.25, -0.2) is 4.98 Å². The van der Waals surface area contributed by atoms with Crippen molar-refractivity contribution >= 4 is 23.1 Å². The van der Waals surface area contributed by atoms with E-state index < -0.39 is 0 Å². The Labute approximate surface area is 143 Å². The number of aryl methyl sites for hydroxylation is 1. The summed E-state index contributed by atoms with van der Waals surface area (Å²) in [5, 5.41) is 0.199. The van der Waals surface area contributed by atoms with Gasteiger partial charge in [-0.05, 0) is 30.6 Å². The zero-order chi connectivity index (χ0) is 17.1. The topological polar surface area (TPSA) is 69.2 Å². The molecule has 2 aromatic carbocycles. The van der Waals surface area contributed by atoms with Crippen LogP contribution in [0.1, 0.15) is 37.1 Å². The number of hydrogen-bond acceptors (Lipinski definition) is 6. The van der Waals surface area contributed by atoms with E-state index in [4.69, 9.17) is 4.74 Å². The van der Waals surface area contributed by atoms with Crippen LogP contribution in [-0.4, -0.2) is 28.0 Å². The van der Waals surface area contributed by atoms with Gasteiger partial charge >= 0.3 is 0 Å². The summed E-state index contributed by atoms with van der Waals surface area (Å²) < 4.78 is 9.14. The SMILES string of the molecule is COc1cccc(C(=O)c2nsc(C(=O)c3ccc(C)cc3)n2)c1. The number of nitrogens with zero attached hydrogens (tertiary/aromatic N) is 2. The summed E-state index contributed by atoms with van der Waals surface area (Å²) >= 11 is 0.927. The van der Waals surface area contributed by atoms with Crippen molar-refractivity contribution in [3.63, 3.8) is 0 Å². The molecular weight excluding hydrogens is 324 g/mol. The normalized spacial score (nSPS) is 10.4. The summed E-state index contributed by atoms with van der Waals surface area (Å²) in [7, 11) is 1.53. The van der Waals surface area contributed by atoms with Crippen LogP contribution in [0.2, 0.25) is 0 Å². The average Bonchev–Trinajstić information content (AvgIpc) is 3.11. The van der Waals surface area contributed by atoms with Gasteiger partial charge in [0.15, 0.2) is 5.01 Å². The molecule has 0 aliphatic rings. The van der Waals surface area contributed by atoms with Crippen molar-refractivity contribution in [2.45, 2.75) is 6.92 Å². The van der Waals surface area contributed by atoms with Crippen LogP contribution >= 0.6 is 11.5 Å². The van der Waals surface area contributed by atoms with Crippen molar-refractivity contribution in [1.29, 1.82) is 0 Å². The third kappa shape index (κ3) is 3.23. The number of ketones is 2. The van der Waals surface area contributed by atoms with Crippen molar-refractivity contribution < 1.29 is 14.3 Å². The largest absolute Gasteiger partial charge is 0.497 e. The summed E-state index contributed by atoms with van der Waals surface area (Å²) in [6.45, 7) is 1.95. The van der Waals surface area contributed by atoms with Crippen molar-refractivity contribution in [2.75, 3.05) is 7.11 Å². The molecule has 120 valence electrons. The highest BCUT2D eigenvalue weighted by Crippen LogP contribution is 2.18. The Morgan fingerprint density at radius 3 is 2.46 bits per heavy atom. The molecule has 5 nitrogen and oxygen atoms in total. The minimum absolute atomic E-state index is 0.0173. The predicted molar refractivity (Wildman–Crippen MR) is 90.9 cm³/mol. The first-order chi connectivity index (χ1) is 11.6. The van der Waals surface area contributed by atoms with Gasteiger partial charge < -0.3 is 4.74 Å². The number of methoxy groups -OCH3 is 1. The van der Waals surface area contributed by atoms with E-state index in [0.29, 0.717) is 16.9 Å². The molecule has 0 saturated carbocycles. The minimum atomic E-state index is -0.340. The molecule has 1 aromatic heterocycles. The number of benzene rings is 2. The van der Waals surface area contributed by atoms with Gasteiger partial charge in [-0.1, -0.05) is 42.0 Å². The van der Waals surface area contributed by atoms with E-state index in [1.54, 1.807) is 36.4 Å². The quantitative estimate of drug-likeness (QED) is 0.668. The summed E-state index contributed by atoms with van der Waals surface area (Å²) in [4.78, 5) is 29.0. The van der Waals surface area contributed by atoms with Gasteiger partial charge in [-0.3, -0.25) is 9.59 Å². The van der Waals surface area contributed by atoms with E-state index in [-0.39, 0.29) is 22.4 Å². The Morgan fingerprint density at radius 2 is 1.75 bits per heavy atom. The molecule has 24 heavy (non-hydrogen) atoms. The third-order valence-corrected chi connectivity index (χ3v) is 4.18. The highest BCUT2D eigenvalue weighted by atomic mass is 32.1. The van der Waals surface area contributed by atoms with Gasteiger partial charge in [-0.2, -0.15) is 4.37 Å². The van der Waals surface area contributed by atoms with Crippen LogP contribution in [0.4, 0.5) is 0 Å². The second kappa shape index (κ2) is 6.72. The first kappa shape index (κ1) is 16.0. The number of hydrogen-bond donors (Lipinski definition) is 0. The van der Waals surface area contributed by atoms with E-state index in [2.05, 4.69) is 9.36 Å². The molecule has 0 N–H and O–H groups in total. The van der Waals surface area contributed by atoms with Gasteiger partial charge in [0.1, 0.15) is 5.75 Å². The predicted octanol–water partition coefficient (Wildman–Crippen LogP) is 3.32. The zero-order valence-electron chi connectivity index (χ0n) is 13.1. The van der Waals surface area contributed by atoms with Crippen LogP contribution < -0.4 is 4.74 Å². The molecular formula is C18H14N2O3S. The molecule has 3 rings (SSSR count). The lowest BCUT2D eigenvalue weighted by molar-refractivity contribution is 0.103. The molecule has 6 heteroatoms. The fourth-order valence-electron chi connectivity index (χ4n) is 2.13. The van der Waals surface area contributed by atoms with Crippen LogP contribution in [0.5, 0.6) is 5.75 Å². The third-order valence-electron chi connectivity index (χ3n) is 3.47. The number of rotatable bonds is 5. The van der Waals surface area contributed by atoms with Gasteiger partial charge in [0, 0.05) is 11.1 Å². The molecule has 0 radical (unpaired) electrons. The molecule has 0 atom stereocenters. The van der Waals surface area contributed by atoms with Gasteiger partial charge in [0.25, 0.3) is 0 Å². The Hall–Kier alpha value is -2.86. The highest BCUT2D eigenvalue weighted by molar-refractivity contribution is 7.08. The molecule has 0 aliphatic heterocycles. The van der Waals surface area contributed by atoms with Crippen LogP contribution in [0.3, 0.4) is 0 Å². The van der Waals surface area contributed by atoms with Crippen LogP contribution in [-0.2, 0) is 0 Å². The van der Waals surface area contributed by atoms with Crippen LogP contribution in [0, 0.1) is 6.92 Å². The molecule has 0 spiro atoms. The lowest BCUT2D eigenvalue weighted by Gasteiger charge is -2.01. The molecule has 0 bridgehead atoms. The Balaban J connectivity index is 1.85. The zero-order valence-corrected chi connectivity index (χ0v) is 14.0. The molecule has 0 fully saturated rings. The maximum absolute atomic E-state index is 12.4. The second-order valence-corrected chi connectivity index (χ2v) is 5.93. The van der Waals surface area contributed by atoms with E-state index in [1.807, 2.05) is 19.1 Å².